The molecule has 14 heteroatoms. The van der Waals surface area contributed by atoms with Crippen molar-refractivity contribution in [2.75, 3.05) is 68.2 Å². The van der Waals surface area contributed by atoms with E-state index < -0.39 is 31.0 Å². The van der Waals surface area contributed by atoms with E-state index in [4.69, 9.17) is 9.47 Å². The third-order valence-electron chi connectivity index (χ3n) is 7.43. The van der Waals surface area contributed by atoms with Crippen molar-refractivity contribution >= 4 is 28.8 Å². The highest BCUT2D eigenvalue weighted by molar-refractivity contribution is 7.98. The molecule has 242 valence electrons. The van der Waals surface area contributed by atoms with Gasteiger partial charge in [-0.25, -0.2) is 0 Å². The quantitative estimate of drug-likeness (QED) is 0.116. The summed E-state index contributed by atoms with van der Waals surface area (Å²) in [4.78, 5) is 4.21. The number of β-amino-alcohol motifs (C(OH)–C–C–N with tert-alkyl or cyclic N) is 1. The van der Waals surface area contributed by atoms with E-state index in [0.29, 0.717) is 24.3 Å². The SMILES string of the molecule is COCC(O)CN1CCC(Nc2cccc3c2CC(C#CCNc2ccc(SC)cc2OC(O)(O)O)N3CC(F)(F)F)CC1. The smallest absolute Gasteiger partial charge is 0.415 e. The number of fused-ring (bicyclic) bond motifs is 1. The van der Waals surface area contributed by atoms with Crippen LogP contribution in [0.1, 0.15) is 18.4 Å². The van der Waals surface area contributed by atoms with Crippen molar-refractivity contribution in [3.05, 3.63) is 42.0 Å². The Balaban J connectivity index is 1.44. The lowest BCUT2D eigenvalue weighted by atomic mass is 10.0. The molecule has 0 spiro atoms. The number of anilines is 3. The number of alkyl halides is 3. The number of likely N-dealkylation sites (tertiary alicyclic amines) is 1. The van der Waals surface area contributed by atoms with Gasteiger partial charge in [0.25, 0.3) is 0 Å². The summed E-state index contributed by atoms with van der Waals surface area (Å²) < 4.78 is 50.8. The molecule has 0 amide bonds. The van der Waals surface area contributed by atoms with Gasteiger partial charge in [0.05, 0.1) is 31.0 Å². The number of halogens is 3. The van der Waals surface area contributed by atoms with Crippen molar-refractivity contribution < 1.29 is 43.1 Å². The van der Waals surface area contributed by atoms with Crippen molar-refractivity contribution in [2.24, 2.45) is 0 Å². The minimum atomic E-state index is -4.43. The highest BCUT2D eigenvalue weighted by Crippen LogP contribution is 2.39. The average Bonchev–Trinajstić information content (AvgIpc) is 3.28. The maximum absolute atomic E-state index is 13.6. The molecular formula is C30H39F3N4O6S. The normalized spacial score (nSPS) is 18.4. The molecule has 0 saturated carbocycles. The van der Waals surface area contributed by atoms with E-state index in [-0.39, 0.29) is 24.9 Å². The van der Waals surface area contributed by atoms with E-state index in [0.717, 1.165) is 42.1 Å². The van der Waals surface area contributed by atoms with Gasteiger partial charge in [0.1, 0.15) is 6.54 Å². The number of piperidine rings is 1. The van der Waals surface area contributed by atoms with Crippen LogP contribution in [0.15, 0.2) is 41.3 Å². The lowest BCUT2D eigenvalue weighted by molar-refractivity contribution is -0.419. The molecule has 6 N–H and O–H groups in total. The van der Waals surface area contributed by atoms with E-state index in [2.05, 4.69) is 27.4 Å². The van der Waals surface area contributed by atoms with Crippen LogP contribution in [0.2, 0.25) is 0 Å². The zero-order chi connectivity index (χ0) is 31.9. The Kier molecular flexibility index (Phi) is 11.5. The van der Waals surface area contributed by atoms with Gasteiger partial charge in [-0.3, -0.25) is 0 Å². The summed E-state index contributed by atoms with van der Waals surface area (Å²) in [5, 5.41) is 44.4. The van der Waals surface area contributed by atoms with Crippen LogP contribution in [0.4, 0.5) is 30.2 Å². The summed E-state index contributed by atoms with van der Waals surface area (Å²) in [7, 11) is 1.55. The van der Waals surface area contributed by atoms with Gasteiger partial charge in [-0.05, 0) is 49.4 Å². The molecule has 2 aliphatic heterocycles. The summed E-state index contributed by atoms with van der Waals surface area (Å²) in [5.41, 5.74) is 2.39. The van der Waals surface area contributed by atoms with Gasteiger partial charge in [0, 0.05) is 61.0 Å². The molecular weight excluding hydrogens is 601 g/mol. The second-order valence-electron chi connectivity index (χ2n) is 10.8. The van der Waals surface area contributed by atoms with Crippen molar-refractivity contribution in [3.8, 4) is 17.6 Å². The Bertz CT molecular complexity index is 1310. The standard InChI is InChI=1S/C30H39F3N4O6S/c1-42-18-22(38)17-36-13-10-20(11-14-36)35-25-6-3-7-27-24(25)15-21(37(27)19-29(31,32)33)5-4-12-34-26-9-8-23(44-2)16-28(26)43-30(39,40)41/h3,6-9,16,20-22,34-35,38-41H,10-15,17-19H2,1-2H3. The predicted molar refractivity (Wildman–Crippen MR) is 163 cm³/mol. The van der Waals surface area contributed by atoms with Crippen LogP contribution < -0.4 is 20.3 Å². The van der Waals surface area contributed by atoms with Gasteiger partial charge in [-0.2, -0.15) is 13.2 Å². The number of thioether (sulfide) groups is 1. The van der Waals surface area contributed by atoms with Crippen LogP contribution in [0.5, 0.6) is 5.75 Å². The third-order valence-corrected chi connectivity index (χ3v) is 8.16. The Morgan fingerprint density at radius 3 is 2.52 bits per heavy atom. The maximum atomic E-state index is 13.6. The van der Waals surface area contributed by atoms with Crippen LogP contribution in [-0.4, -0.2) is 109 Å². The number of methoxy groups -OCH3 is 1. The molecule has 0 aromatic heterocycles. The number of hydrogen-bond donors (Lipinski definition) is 6. The van der Waals surface area contributed by atoms with Crippen LogP contribution >= 0.6 is 11.8 Å². The third kappa shape index (κ3) is 9.80. The molecule has 0 aliphatic carbocycles. The van der Waals surface area contributed by atoms with Gasteiger partial charge in [0.2, 0.25) is 0 Å². The van der Waals surface area contributed by atoms with Gasteiger partial charge in [-0.1, -0.05) is 17.9 Å². The largest absolute Gasteiger partial charge is 0.453 e. The van der Waals surface area contributed by atoms with Crippen molar-refractivity contribution in [1.29, 1.82) is 0 Å². The summed E-state index contributed by atoms with van der Waals surface area (Å²) >= 11 is 1.38. The maximum Gasteiger partial charge on any atom is 0.453 e. The first kappa shape index (κ1) is 34.0. The van der Waals surface area contributed by atoms with E-state index in [1.165, 1.54) is 22.7 Å². The Morgan fingerprint density at radius 2 is 1.86 bits per heavy atom. The van der Waals surface area contributed by atoms with E-state index in [1.54, 1.807) is 31.4 Å². The number of hydrogen-bond acceptors (Lipinski definition) is 11. The molecule has 2 heterocycles. The molecule has 1 saturated heterocycles. The van der Waals surface area contributed by atoms with E-state index in [1.807, 2.05) is 12.3 Å². The number of aliphatic hydroxyl groups excluding tert-OH is 1. The molecule has 0 bridgehead atoms. The molecule has 2 unspecified atom stereocenters. The first-order valence-corrected chi connectivity index (χ1v) is 15.4. The Hall–Kier alpha value is -2.90. The van der Waals surface area contributed by atoms with E-state index >= 15 is 0 Å². The second kappa shape index (κ2) is 14.9. The second-order valence-corrected chi connectivity index (χ2v) is 11.7. The van der Waals surface area contributed by atoms with Crippen molar-refractivity contribution in [1.82, 2.24) is 4.90 Å². The fourth-order valence-corrected chi connectivity index (χ4v) is 5.95. The van der Waals surface area contributed by atoms with Crippen molar-refractivity contribution in [2.45, 2.75) is 54.7 Å². The van der Waals surface area contributed by atoms with Gasteiger partial charge < -0.3 is 50.3 Å². The van der Waals surface area contributed by atoms with E-state index in [9.17, 15) is 33.6 Å². The fraction of sp³-hybridized carbons (Fsp3) is 0.533. The van der Waals surface area contributed by atoms with Gasteiger partial charge >= 0.3 is 12.3 Å². The first-order valence-electron chi connectivity index (χ1n) is 14.2. The molecule has 4 rings (SSSR count). The van der Waals surface area contributed by atoms with Gasteiger partial charge in [0.15, 0.2) is 5.75 Å². The summed E-state index contributed by atoms with van der Waals surface area (Å²) in [5.74, 6) is 5.84. The Morgan fingerprint density at radius 1 is 1.11 bits per heavy atom. The van der Waals surface area contributed by atoms with Crippen LogP contribution in [0.25, 0.3) is 0 Å². The number of rotatable bonds is 12. The summed E-state index contributed by atoms with van der Waals surface area (Å²) in [6, 6.07) is 9.62. The molecule has 44 heavy (non-hydrogen) atoms. The molecule has 10 nitrogen and oxygen atoms in total. The molecule has 2 aliphatic rings. The molecule has 2 aromatic rings. The first-order chi connectivity index (χ1) is 20.8. The Labute approximate surface area is 259 Å². The zero-order valence-electron chi connectivity index (χ0n) is 24.6. The highest BCUT2D eigenvalue weighted by atomic mass is 32.2. The predicted octanol–water partition coefficient (Wildman–Crippen LogP) is 2.67. The van der Waals surface area contributed by atoms with Crippen molar-refractivity contribution in [3.63, 3.8) is 0 Å². The van der Waals surface area contributed by atoms with Crippen LogP contribution in [0, 0.1) is 11.8 Å². The lowest BCUT2D eigenvalue weighted by Gasteiger charge is -2.34. The zero-order valence-corrected chi connectivity index (χ0v) is 25.4. The van der Waals surface area contributed by atoms with Crippen LogP contribution in [0.3, 0.4) is 0 Å². The number of benzene rings is 2. The minimum Gasteiger partial charge on any atom is -0.415 e. The highest BCUT2D eigenvalue weighted by Gasteiger charge is 2.39. The number of nitrogens with one attached hydrogen (secondary N) is 2. The average molecular weight is 641 g/mol. The molecule has 0 radical (unpaired) electrons. The number of ether oxygens (including phenoxy) is 2. The molecule has 2 aromatic carbocycles. The lowest BCUT2D eigenvalue weighted by Crippen LogP contribution is -2.43. The van der Waals surface area contributed by atoms with Gasteiger partial charge in [-0.15, -0.1) is 11.8 Å². The number of nitrogens with zero attached hydrogens (tertiary/aromatic N) is 2. The monoisotopic (exact) mass is 640 g/mol. The summed E-state index contributed by atoms with van der Waals surface area (Å²) in [6.45, 7) is 1.28. The molecule has 2 atom stereocenters. The molecule has 1 fully saturated rings. The fourth-order valence-electron chi connectivity index (χ4n) is 5.52. The minimum absolute atomic E-state index is 0.0275. The topological polar surface area (TPSA) is 130 Å². The number of aliphatic hydroxyl groups is 4. The van der Waals surface area contributed by atoms with Crippen LogP contribution in [-0.2, 0) is 11.2 Å². The summed E-state index contributed by atoms with van der Waals surface area (Å²) in [6.07, 6.45) is -4.58.